The summed E-state index contributed by atoms with van der Waals surface area (Å²) in [5.74, 6) is -0.0614. The number of benzene rings is 2. The first kappa shape index (κ1) is 16.8. The van der Waals surface area contributed by atoms with Crippen LogP contribution in [-0.4, -0.2) is 17.4 Å². The highest BCUT2D eigenvalue weighted by molar-refractivity contribution is 6.30. The average Bonchev–Trinajstić information content (AvgIpc) is 2.53. The predicted molar refractivity (Wildman–Crippen MR) is 86.6 cm³/mol. The Labute approximate surface area is 138 Å². The molecule has 0 saturated carbocycles. The summed E-state index contributed by atoms with van der Waals surface area (Å²) >= 11 is 5.91. The first-order valence-corrected chi connectivity index (χ1v) is 7.25. The molecule has 7 heteroatoms. The number of nitro benzene ring substituents is 1. The molecule has 0 aliphatic carbocycles. The third-order valence-corrected chi connectivity index (χ3v) is 3.36. The minimum absolute atomic E-state index is 0.0878. The van der Waals surface area contributed by atoms with E-state index in [0.29, 0.717) is 5.02 Å². The molecule has 0 aliphatic rings. The molecule has 1 N–H and O–H groups in total. The Bertz CT molecular complexity index is 721. The molecular weight excluding hydrogens is 320 g/mol. The summed E-state index contributed by atoms with van der Waals surface area (Å²) in [4.78, 5) is 22.1. The van der Waals surface area contributed by atoms with Crippen LogP contribution in [0.15, 0.2) is 48.5 Å². The van der Waals surface area contributed by atoms with E-state index in [1.165, 1.54) is 18.2 Å². The van der Waals surface area contributed by atoms with E-state index >= 15 is 0 Å². The molecule has 2 aromatic rings. The first-order chi connectivity index (χ1) is 11.0. The van der Waals surface area contributed by atoms with Gasteiger partial charge in [0.2, 0.25) is 0 Å². The van der Waals surface area contributed by atoms with Crippen molar-refractivity contribution >= 4 is 23.2 Å². The highest BCUT2D eigenvalue weighted by Crippen LogP contribution is 2.19. The molecule has 0 radical (unpaired) electrons. The molecule has 0 aromatic heterocycles. The lowest BCUT2D eigenvalue weighted by Gasteiger charge is -2.15. The number of nitrogens with zero attached hydrogens (tertiary/aromatic N) is 1. The van der Waals surface area contributed by atoms with E-state index in [9.17, 15) is 14.9 Å². The van der Waals surface area contributed by atoms with Crippen LogP contribution in [0, 0.1) is 10.1 Å². The molecule has 0 bridgehead atoms. The van der Waals surface area contributed by atoms with Gasteiger partial charge in [-0.3, -0.25) is 14.9 Å². The zero-order chi connectivity index (χ0) is 16.8. The maximum atomic E-state index is 11.9. The van der Waals surface area contributed by atoms with E-state index in [2.05, 4.69) is 5.32 Å². The molecule has 0 fully saturated rings. The summed E-state index contributed by atoms with van der Waals surface area (Å²) in [5, 5.41) is 14.0. The predicted octanol–water partition coefficient (Wildman–Crippen LogP) is 3.50. The number of hydrogen-bond acceptors (Lipinski definition) is 4. The van der Waals surface area contributed by atoms with Crippen molar-refractivity contribution in [3.05, 3.63) is 69.2 Å². The van der Waals surface area contributed by atoms with E-state index in [4.69, 9.17) is 16.3 Å². The molecule has 1 amide bonds. The standard InChI is InChI=1S/C16H15ClN2O4/c1-11(12-4-2-5-13(17)8-12)18-16(20)10-23-15-7-3-6-14(9-15)19(21)22/h2-9,11H,10H2,1H3,(H,18,20). The second-order valence-electron chi connectivity index (χ2n) is 4.89. The SMILES string of the molecule is CC(NC(=O)COc1cccc([N+](=O)[O-])c1)c1cccc(Cl)c1. The number of amides is 1. The minimum Gasteiger partial charge on any atom is -0.484 e. The molecule has 1 unspecified atom stereocenters. The van der Waals surface area contributed by atoms with Gasteiger partial charge in [0.1, 0.15) is 5.75 Å². The first-order valence-electron chi connectivity index (χ1n) is 6.88. The van der Waals surface area contributed by atoms with Gasteiger partial charge in [0, 0.05) is 11.1 Å². The maximum Gasteiger partial charge on any atom is 0.273 e. The molecule has 2 rings (SSSR count). The normalized spacial score (nSPS) is 11.6. The lowest BCUT2D eigenvalue weighted by molar-refractivity contribution is -0.384. The quantitative estimate of drug-likeness (QED) is 0.647. The number of hydrogen-bond donors (Lipinski definition) is 1. The van der Waals surface area contributed by atoms with Crippen LogP contribution in [0.2, 0.25) is 5.02 Å². The summed E-state index contributed by atoms with van der Waals surface area (Å²) in [5.41, 5.74) is 0.788. The van der Waals surface area contributed by atoms with Gasteiger partial charge in [0.25, 0.3) is 11.6 Å². The number of rotatable bonds is 6. The minimum atomic E-state index is -0.520. The smallest absolute Gasteiger partial charge is 0.273 e. The van der Waals surface area contributed by atoms with Crippen LogP contribution in [0.1, 0.15) is 18.5 Å². The van der Waals surface area contributed by atoms with Gasteiger partial charge in [0.05, 0.1) is 17.0 Å². The maximum absolute atomic E-state index is 11.9. The van der Waals surface area contributed by atoms with Crippen LogP contribution < -0.4 is 10.1 Å². The van der Waals surface area contributed by atoms with Crippen molar-refractivity contribution in [3.8, 4) is 5.75 Å². The molecule has 23 heavy (non-hydrogen) atoms. The van der Waals surface area contributed by atoms with Crippen molar-refractivity contribution in [2.45, 2.75) is 13.0 Å². The van der Waals surface area contributed by atoms with Gasteiger partial charge in [-0.15, -0.1) is 0 Å². The summed E-state index contributed by atoms with van der Waals surface area (Å²) in [6.45, 7) is 1.60. The van der Waals surface area contributed by atoms with Crippen LogP contribution in [0.5, 0.6) is 5.75 Å². The third-order valence-electron chi connectivity index (χ3n) is 3.12. The fourth-order valence-corrected chi connectivity index (χ4v) is 2.18. The fourth-order valence-electron chi connectivity index (χ4n) is 1.98. The zero-order valence-corrected chi connectivity index (χ0v) is 13.1. The van der Waals surface area contributed by atoms with E-state index < -0.39 is 4.92 Å². The van der Waals surface area contributed by atoms with E-state index in [-0.39, 0.29) is 30.0 Å². The molecule has 0 aliphatic heterocycles. The molecule has 0 saturated heterocycles. The van der Waals surface area contributed by atoms with Gasteiger partial charge < -0.3 is 10.1 Å². The summed E-state index contributed by atoms with van der Waals surface area (Å²) in [6, 6.07) is 12.6. The topological polar surface area (TPSA) is 81.5 Å². The van der Waals surface area contributed by atoms with Crippen LogP contribution in [0.3, 0.4) is 0 Å². The Kier molecular flexibility index (Phi) is 5.54. The second-order valence-corrected chi connectivity index (χ2v) is 5.32. The number of non-ortho nitro benzene ring substituents is 1. The van der Waals surface area contributed by atoms with Crippen LogP contribution in [0.25, 0.3) is 0 Å². The Morgan fingerprint density at radius 3 is 2.74 bits per heavy atom. The van der Waals surface area contributed by atoms with Crippen molar-refractivity contribution in [2.24, 2.45) is 0 Å². The van der Waals surface area contributed by atoms with Crippen molar-refractivity contribution in [3.63, 3.8) is 0 Å². The van der Waals surface area contributed by atoms with E-state index in [1.54, 1.807) is 24.3 Å². The number of halogens is 1. The molecule has 0 spiro atoms. The Morgan fingerprint density at radius 2 is 2.04 bits per heavy atom. The van der Waals surface area contributed by atoms with Crippen molar-refractivity contribution in [2.75, 3.05) is 6.61 Å². The molecule has 1 atom stereocenters. The number of ether oxygens (including phenoxy) is 1. The number of nitro groups is 1. The second kappa shape index (κ2) is 7.60. The van der Waals surface area contributed by atoms with Crippen LogP contribution >= 0.6 is 11.6 Å². The van der Waals surface area contributed by atoms with Crippen molar-refractivity contribution in [1.82, 2.24) is 5.32 Å². The van der Waals surface area contributed by atoms with Crippen LogP contribution in [-0.2, 0) is 4.79 Å². The molecule has 0 heterocycles. The van der Waals surface area contributed by atoms with Crippen molar-refractivity contribution < 1.29 is 14.5 Å². The lowest BCUT2D eigenvalue weighted by Crippen LogP contribution is -2.31. The fraction of sp³-hybridized carbons (Fsp3) is 0.188. The summed E-state index contributed by atoms with van der Waals surface area (Å²) in [6.07, 6.45) is 0. The third kappa shape index (κ3) is 4.96. The average molecular weight is 335 g/mol. The van der Waals surface area contributed by atoms with Gasteiger partial charge in [-0.1, -0.05) is 29.8 Å². The van der Waals surface area contributed by atoms with Crippen molar-refractivity contribution in [1.29, 1.82) is 0 Å². The Balaban J connectivity index is 1.90. The Morgan fingerprint density at radius 1 is 1.30 bits per heavy atom. The number of carbonyl (C=O) groups is 1. The molecular formula is C16H15ClN2O4. The summed E-state index contributed by atoms with van der Waals surface area (Å²) in [7, 11) is 0. The number of carbonyl (C=O) groups excluding carboxylic acids is 1. The van der Waals surface area contributed by atoms with E-state index in [1.807, 2.05) is 13.0 Å². The highest BCUT2D eigenvalue weighted by Gasteiger charge is 2.12. The van der Waals surface area contributed by atoms with E-state index in [0.717, 1.165) is 5.56 Å². The molecule has 6 nitrogen and oxygen atoms in total. The monoisotopic (exact) mass is 334 g/mol. The Hall–Kier alpha value is -2.60. The van der Waals surface area contributed by atoms with Gasteiger partial charge in [-0.05, 0) is 30.7 Å². The largest absolute Gasteiger partial charge is 0.484 e. The molecule has 2 aromatic carbocycles. The lowest BCUT2D eigenvalue weighted by atomic mass is 10.1. The zero-order valence-electron chi connectivity index (χ0n) is 12.4. The van der Waals surface area contributed by atoms with Gasteiger partial charge in [-0.2, -0.15) is 0 Å². The van der Waals surface area contributed by atoms with Crippen LogP contribution in [0.4, 0.5) is 5.69 Å². The van der Waals surface area contributed by atoms with Gasteiger partial charge in [0.15, 0.2) is 6.61 Å². The summed E-state index contributed by atoms with van der Waals surface area (Å²) < 4.78 is 5.28. The molecule has 120 valence electrons. The number of nitrogens with one attached hydrogen (secondary N) is 1. The van der Waals surface area contributed by atoms with Gasteiger partial charge >= 0.3 is 0 Å². The van der Waals surface area contributed by atoms with Gasteiger partial charge in [-0.25, -0.2) is 0 Å². The highest BCUT2D eigenvalue weighted by atomic mass is 35.5.